The minimum Gasteiger partial charge on any atom is -0.314 e. The molecule has 0 radical (unpaired) electrons. The zero-order valence-electron chi connectivity index (χ0n) is 10.6. The molecule has 0 bridgehead atoms. The Morgan fingerprint density at radius 2 is 2.06 bits per heavy atom. The predicted octanol–water partition coefficient (Wildman–Crippen LogP) is 4.22. The van der Waals surface area contributed by atoms with E-state index in [1.54, 1.807) is 0 Å². The van der Waals surface area contributed by atoms with Gasteiger partial charge in [-0.15, -0.1) is 6.58 Å². The molecule has 0 heterocycles. The largest absolute Gasteiger partial charge is 0.314 e. The van der Waals surface area contributed by atoms with Crippen molar-refractivity contribution in [3.05, 3.63) is 47.5 Å². The van der Waals surface area contributed by atoms with Crippen LogP contribution in [-0.2, 0) is 6.42 Å². The van der Waals surface area contributed by atoms with Crippen molar-refractivity contribution in [2.75, 3.05) is 6.54 Å². The van der Waals surface area contributed by atoms with Gasteiger partial charge in [0.25, 0.3) is 0 Å². The van der Waals surface area contributed by atoms with Crippen LogP contribution in [0.4, 0.5) is 0 Å². The number of allylic oxidation sites excluding steroid dienone is 1. The topological polar surface area (TPSA) is 12.0 Å². The van der Waals surface area contributed by atoms with Gasteiger partial charge in [0, 0.05) is 11.1 Å². The maximum absolute atomic E-state index is 5.89. The molecule has 1 nitrogen and oxygen atoms in total. The number of halogens is 1. The molecule has 1 rings (SSSR count). The second-order valence-corrected chi connectivity index (χ2v) is 4.74. The van der Waals surface area contributed by atoms with Gasteiger partial charge in [0.2, 0.25) is 0 Å². The van der Waals surface area contributed by atoms with E-state index in [1.165, 1.54) is 18.4 Å². The summed E-state index contributed by atoms with van der Waals surface area (Å²) >= 11 is 5.89. The quantitative estimate of drug-likeness (QED) is 0.539. The Hall–Kier alpha value is -0.790. The van der Waals surface area contributed by atoms with Crippen molar-refractivity contribution >= 4 is 11.6 Å². The molecule has 0 spiro atoms. The van der Waals surface area contributed by atoms with Crippen molar-refractivity contribution in [1.82, 2.24) is 5.32 Å². The van der Waals surface area contributed by atoms with Crippen LogP contribution in [0.15, 0.2) is 36.9 Å². The average molecular weight is 252 g/mol. The maximum Gasteiger partial charge on any atom is 0.0406 e. The highest BCUT2D eigenvalue weighted by atomic mass is 35.5. The Labute approximate surface area is 110 Å². The third-order valence-electron chi connectivity index (χ3n) is 2.85. The summed E-state index contributed by atoms with van der Waals surface area (Å²) in [6.07, 6.45) is 6.56. The van der Waals surface area contributed by atoms with Crippen LogP contribution < -0.4 is 5.32 Å². The van der Waals surface area contributed by atoms with Crippen molar-refractivity contribution in [3.63, 3.8) is 0 Å². The monoisotopic (exact) mass is 251 g/mol. The van der Waals surface area contributed by atoms with Crippen LogP contribution in [0.25, 0.3) is 0 Å². The Kier molecular flexibility index (Phi) is 6.99. The first kappa shape index (κ1) is 14.3. The number of hydrogen-bond acceptors (Lipinski definition) is 1. The number of rotatable bonds is 8. The summed E-state index contributed by atoms with van der Waals surface area (Å²) in [5, 5.41) is 4.34. The summed E-state index contributed by atoms with van der Waals surface area (Å²) in [6, 6.07) is 8.70. The van der Waals surface area contributed by atoms with Gasteiger partial charge < -0.3 is 5.32 Å². The Morgan fingerprint density at radius 3 is 2.65 bits per heavy atom. The van der Waals surface area contributed by atoms with Gasteiger partial charge >= 0.3 is 0 Å². The summed E-state index contributed by atoms with van der Waals surface area (Å²) in [5.41, 5.74) is 1.35. The van der Waals surface area contributed by atoms with E-state index in [0.717, 1.165) is 24.4 Å². The fraction of sp³-hybridized carbons (Fsp3) is 0.467. The lowest BCUT2D eigenvalue weighted by Gasteiger charge is -2.17. The van der Waals surface area contributed by atoms with Crippen LogP contribution in [0.2, 0.25) is 5.02 Å². The lowest BCUT2D eigenvalue weighted by atomic mass is 10.0. The minimum atomic E-state index is 0.557. The van der Waals surface area contributed by atoms with Gasteiger partial charge in [-0.05, 0) is 49.9 Å². The summed E-state index contributed by atoms with van der Waals surface area (Å²) in [5.74, 6) is 0. The molecule has 1 aromatic rings. The van der Waals surface area contributed by atoms with Crippen LogP contribution in [0, 0.1) is 0 Å². The third-order valence-corrected chi connectivity index (χ3v) is 3.10. The Morgan fingerprint density at radius 1 is 1.35 bits per heavy atom. The zero-order valence-corrected chi connectivity index (χ0v) is 11.3. The van der Waals surface area contributed by atoms with Gasteiger partial charge in [-0.2, -0.15) is 0 Å². The van der Waals surface area contributed by atoms with Crippen LogP contribution in [0.1, 0.15) is 31.7 Å². The van der Waals surface area contributed by atoms with Gasteiger partial charge in [-0.1, -0.05) is 36.7 Å². The summed E-state index contributed by atoms with van der Waals surface area (Å²) in [7, 11) is 0. The molecule has 0 aliphatic carbocycles. The van der Waals surface area contributed by atoms with Gasteiger partial charge in [0.1, 0.15) is 0 Å². The first-order valence-electron chi connectivity index (χ1n) is 6.35. The molecule has 2 heteroatoms. The summed E-state index contributed by atoms with van der Waals surface area (Å²) in [6.45, 7) is 6.94. The first-order chi connectivity index (χ1) is 8.26. The normalized spacial score (nSPS) is 12.4. The predicted molar refractivity (Wildman–Crippen MR) is 76.7 cm³/mol. The lowest BCUT2D eigenvalue weighted by molar-refractivity contribution is 0.478. The van der Waals surface area contributed by atoms with Crippen LogP contribution >= 0.6 is 11.6 Å². The molecule has 1 atom stereocenters. The van der Waals surface area contributed by atoms with E-state index in [1.807, 2.05) is 18.2 Å². The molecular formula is C15H22ClN. The second-order valence-electron chi connectivity index (χ2n) is 4.30. The maximum atomic E-state index is 5.89. The van der Waals surface area contributed by atoms with Gasteiger partial charge in [0.05, 0.1) is 0 Å². The molecule has 1 aromatic carbocycles. The van der Waals surface area contributed by atoms with Crippen molar-refractivity contribution in [3.8, 4) is 0 Å². The van der Waals surface area contributed by atoms with Crippen molar-refractivity contribution in [1.29, 1.82) is 0 Å². The summed E-state index contributed by atoms with van der Waals surface area (Å²) in [4.78, 5) is 0. The first-order valence-corrected chi connectivity index (χ1v) is 6.72. The van der Waals surface area contributed by atoms with E-state index in [0.29, 0.717) is 6.04 Å². The molecule has 0 aliphatic rings. The van der Waals surface area contributed by atoms with Gasteiger partial charge in [-0.25, -0.2) is 0 Å². The second kappa shape index (κ2) is 8.32. The van der Waals surface area contributed by atoms with E-state index < -0.39 is 0 Å². The van der Waals surface area contributed by atoms with Crippen LogP contribution in [0.5, 0.6) is 0 Å². The van der Waals surface area contributed by atoms with E-state index >= 15 is 0 Å². The standard InChI is InChI=1S/C15H22ClN/c1-3-5-6-7-15(17-4-2)12-13-8-10-14(16)11-9-13/h3,8-11,15,17H,1,4-7,12H2,2H3. The van der Waals surface area contributed by atoms with E-state index in [9.17, 15) is 0 Å². The number of benzene rings is 1. The molecule has 0 saturated carbocycles. The minimum absolute atomic E-state index is 0.557. The van der Waals surface area contributed by atoms with Crippen molar-refractivity contribution in [2.45, 2.75) is 38.6 Å². The third kappa shape index (κ3) is 5.90. The highest BCUT2D eigenvalue weighted by Gasteiger charge is 2.07. The molecule has 94 valence electrons. The smallest absolute Gasteiger partial charge is 0.0406 e. The molecule has 0 aliphatic heterocycles. The Balaban J connectivity index is 2.47. The van der Waals surface area contributed by atoms with Crippen molar-refractivity contribution < 1.29 is 0 Å². The van der Waals surface area contributed by atoms with Crippen molar-refractivity contribution in [2.24, 2.45) is 0 Å². The lowest BCUT2D eigenvalue weighted by Crippen LogP contribution is -2.30. The Bertz CT molecular complexity index is 318. The van der Waals surface area contributed by atoms with Gasteiger partial charge in [0.15, 0.2) is 0 Å². The molecule has 0 fully saturated rings. The number of nitrogens with one attached hydrogen (secondary N) is 1. The highest BCUT2D eigenvalue weighted by Crippen LogP contribution is 2.13. The van der Waals surface area contributed by atoms with E-state index in [2.05, 4.69) is 31.0 Å². The van der Waals surface area contributed by atoms with Crippen LogP contribution in [-0.4, -0.2) is 12.6 Å². The SMILES string of the molecule is C=CCCCC(Cc1ccc(Cl)cc1)NCC. The molecule has 1 N–H and O–H groups in total. The molecule has 17 heavy (non-hydrogen) atoms. The summed E-state index contributed by atoms with van der Waals surface area (Å²) < 4.78 is 0. The zero-order chi connectivity index (χ0) is 12.5. The van der Waals surface area contributed by atoms with E-state index in [-0.39, 0.29) is 0 Å². The highest BCUT2D eigenvalue weighted by molar-refractivity contribution is 6.30. The number of unbranched alkanes of at least 4 members (excludes halogenated alkanes) is 1. The van der Waals surface area contributed by atoms with E-state index in [4.69, 9.17) is 11.6 Å². The van der Waals surface area contributed by atoms with Gasteiger partial charge in [-0.3, -0.25) is 0 Å². The fourth-order valence-electron chi connectivity index (χ4n) is 1.98. The molecule has 0 aromatic heterocycles. The fourth-order valence-corrected chi connectivity index (χ4v) is 2.10. The molecule has 1 unspecified atom stereocenters. The molecule has 0 saturated heterocycles. The van der Waals surface area contributed by atoms with Crippen LogP contribution in [0.3, 0.4) is 0 Å². The number of likely N-dealkylation sites (N-methyl/N-ethyl adjacent to an activating group) is 1. The molecular weight excluding hydrogens is 230 g/mol. The molecule has 0 amide bonds. The average Bonchev–Trinajstić information content (AvgIpc) is 2.32. The number of hydrogen-bond donors (Lipinski definition) is 1.